The molecule has 0 aliphatic carbocycles. The summed E-state index contributed by atoms with van der Waals surface area (Å²) in [6, 6.07) is 21.3. The second kappa shape index (κ2) is 9.32. The van der Waals surface area contributed by atoms with Gasteiger partial charge in [-0.1, -0.05) is 24.3 Å². The van der Waals surface area contributed by atoms with Crippen LogP contribution in [0.25, 0.3) is 11.0 Å². The Labute approximate surface area is 206 Å². The van der Waals surface area contributed by atoms with Crippen molar-refractivity contribution in [2.75, 3.05) is 18.4 Å². The molecular weight excluding hydrogens is 516 g/mol. The number of hydrogen-bond acceptors (Lipinski definition) is 4. The maximum absolute atomic E-state index is 13.2. The van der Waals surface area contributed by atoms with Crippen molar-refractivity contribution < 1.29 is 13.2 Å². The van der Waals surface area contributed by atoms with Crippen molar-refractivity contribution in [3.8, 4) is 0 Å². The van der Waals surface area contributed by atoms with E-state index < -0.39 is 10.0 Å². The molecule has 4 aromatic rings. The van der Waals surface area contributed by atoms with E-state index in [9.17, 15) is 13.2 Å². The maximum atomic E-state index is 13.2. The zero-order chi connectivity index (χ0) is 23.7. The maximum Gasteiger partial charge on any atom is 0.256 e. The van der Waals surface area contributed by atoms with Crippen LogP contribution in [-0.2, 0) is 10.0 Å². The highest BCUT2D eigenvalue weighted by Gasteiger charge is 2.31. The van der Waals surface area contributed by atoms with Gasteiger partial charge in [0, 0.05) is 29.2 Å². The number of aromatic nitrogens is 2. The standard InChI is InChI=1S/C25H23BrN4O3S/c26-21-6-2-1-5-20(21)25(31)27-18-9-11-19(12-10-18)34(32,33)30-15-13-17(14-16-30)24-28-22-7-3-4-8-23(22)29-24/h1-12,17H,13-16H2,(H,27,31)(H,28,29). The summed E-state index contributed by atoms with van der Waals surface area (Å²) in [6.45, 7) is 0.870. The first kappa shape index (κ1) is 22.8. The molecule has 174 valence electrons. The van der Waals surface area contributed by atoms with E-state index in [1.54, 1.807) is 30.3 Å². The quantitative estimate of drug-likeness (QED) is 0.367. The molecule has 1 saturated heterocycles. The smallest absolute Gasteiger partial charge is 0.256 e. The van der Waals surface area contributed by atoms with Crippen LogP contribution in [-0.4, -0.2) is 41.7 Å². The van der Waals surface area contributed by atoms with Gasteiger partial charge < -0.3 is 10.3 Å². The van der Waals surface area contributed by atoms with E-state index in [1.807, 2.05) is 30.3 Å². The Morgan fingerprint density at radius 3 is 2.35 bits per heavy atom. The van der Waals surface area contributed by atoms with Gasteiger partial charge in [-0.15, -0.1) is 0 Å². The molecule has 0 unspecified atom stereocenters. The Kier molecular flexibility index (Phi) is 6.24. The molecule has 1 aromatic heterocycles. The van der Waals surface area contributed by atoms with E-state index in [-0.39, 0.29) is 16.7 Å². The minimum absolute atomic E-state index is 0.203. The van der Waals surface area contributed by atoms with Crippen molar-refractivity contribution in [2.45, 2.75) is 23.7 Å². The first-order valence-electron chi connectivity index (χ1n) is 11.0. The van der Waals surface area contributed by atoms with Crippen molar-refractivity contribution in [1.29, 1.82) is 0 Å². The average Bonchev–Trinajstić information content (AvgIpc) is 3.29. The van der Waals surface area contributed by atoms with Crippen LogP contribution in [0.15, 0.2) is 82.2 Å². The molecule has 1 aliphatic rings. The van der Waals surface area contributed by atoms with E-state index in [0.29, 0.717) is 41.7 Å². The van der Waals surface area contributed by atoms with Gasteiger partial charge in [-0.25, -0.2) is 13.4 Å². The molecule has 9 heteroatoms. The second-order valence-electron chi connectivity index (χ2n) is 8.28. The number of sulfonamides is 1. The van der Waals surface area contributed by atoms with Crippen LogP contribution in [0.5, 0.6) is 0 Å². The van der Waals surface area contributed by atoms with Crippen molar-refractivity contribution in [2.24, 2.45) is 0 Å². The van der Waals surface area contributed by atoms with Gasteiger partial charge in [0.2, 0.25) is 10.0 Å². The number of aromatic amines is 1. The number of hydrogen-bond donors (Lipinski definition) is 2. The van der Waals surface area contributed by atoms with Crippen LogP contribution in [0, 0.1) is 0 Å². The molecule has 0 spiro atoms. The number of amides is 1. The summed E-state index contributed by atoms with van der Waals surface area (Å²) < 4.78 is 28.6. The van der Waals surface area contributed by atoms with Crippen molar-refractivity contribution in [3.05, 3.63) is 88.7 Å². The molecule has 0 atom stereocenters. The zero-order valence-corrected chi connectivity index (χ0v) is 20.6. The summed E-state index contributed by atoms with van der Waals surface area (Å²) in [4.78, 5) is 20.8. The summed E-state index contributed by atoms with van der Waals surface area (Å²) in [5.41, 5.74) is 2.97. The number of imidazole rings is 1. The average molecular weight is 539 g/mol. The molecule has 5 rings (SSSR count). The fraction of sp³-hybridized carbons (Fsp3) is 0.200. The van der Waals surface area contributed by atoms with Crippen LogP contribution in [0.1, 0.15) is 34.9 Å². The van der Waals surface area contributed by atoms with Gasteiger partial charge >= 0.3 is 0 Å². The number of piperidine rings is 1. The highest BCUT2D eigenvalue weighted by molar-refractivity contribution is 9.10. The van der Waals surface area contributed by atoms with E-state index in [1.165, 1.54) is 16.4 Å². The Morgan fingerprint density at radius 2 is 1.65 bits per heavy atom. The van der Waals surface area contributed by atoms with Gasteiger partial charge in [0.25, 0.3) is 5.91 Å². The molecule has 1 amide bonds. The van der Waals surface area contributed by atoms with Crippen LogP contribution in [0.4, 0.5) is 5.69 Å². The minimum Gasteiger partial charge on any atom is -0.342 e. The molecule has 1 aliphatic heterocycles. The van der Waals surface area contributed by atoms with Crippen molar-refractivity contribution in [3.63, 3.8) is 0 Å². The normalized spacial score (nSPS) is 15.4. The zero-order valence-electron chi connectivity index (χ0n) is 18.2. The first-order valence-corrected chi connectivity index (χ1v) is 13.3. The molecule has 0 radical (unpaired) electrons. The highest BCUT2D eigenvalue weighted by atomic mass is 79.9. The van der Waals surface area contributed by atoms with Crippen molar-refractivity contribution in [1.82, 2.24) is 14.3 Å². The number of carbonyl (C=O) groups excluding carboxylic acids is 1. The van der Waals surface area contributed by atoms with E-state index in [2.05, 4.69) is 31.2 Å². The number of carbonyl (C=O) groups is 1. The lowest BCUT2D eigenvalue weighted by Gasteiger charge is -2.30. The third-order valence-corrected chi connectivity index (χ3v) is 8.72. The van der Waals surface area contributed by atoms with Crippen LogP contribution >= 0.6 is 15.9 Å². The molecule has 2 heterocycles. The topological polar surface area (TPSA) is 95.2 Å². The SMILES string of the molecule is O=C(Nc1ccc(S(=O)(=O)N2CCC(c3nc4ccccc4[nH]3)CC2)cc1)c1ccccc1Br. The van der Waals surface area contributed by atoms with Crippen LogP contribution in [0.3, 0.4) is 0 Å². The largest absolute Gasteiger partial charge is 0.342 e. The monoisotopic (exact) mass is 538 g/mol. The molecule has 0 saturated carbocycles. The third-order valence-electron chi connectivity index (χ3n) is 6.12. The number of para-hydroxylation sites is 2. The predicted molar refractivity (Wildman–Crippen MR) is 135 cm³/mol. The van der Waals surface area contributed by atoms with Crippen molar-refractivity contribution >= 4 is 48.6 Å². The summed E-state index contributed by atoms with van der Waals surface area (Å²) in [6.07, 6.45) is 1.41. The summed E-state index contributed by atoms with van der Waals surface area (Å²) in [7, 11) is -3.61. The number of halogens is 1. The molecule has 3 aromatic carbocycles. The fourth-order valence-electron chi connectivity index (χ4n) is 4.24. The lowest BCUT2D eigenvalue weighted by atomic mass is 9.97. The summed E-state index contributed by atoms with van der Waals surface area (Å²) >= 11 is 3.37. The van der Waals surface area contributed by atoms with Gasteiger partial charge in [0.05, 0.1) is 21.5 Å². The number of benzene rings is 3. The van der Waals surface area contributed by atoms with E-state index >= 15 is 0 Å². The summed E-state index contributed by atoms with van der Waals surface area (Å²) in [5, 5.41) is 2.80. The predicted octanol–water partition coefficient (Wildman–Crippen LogP) is 5.15. The number of H-pyrrole nitrogens is 1. The van der Waals surface area contributed by atoms with Crippen LogP contribution < -0.4 is 5.32 Å². The molecule has 2 N–H and O–H groups in total. The lowest BCUT2D eigenvalue weighted by Crippen LogP contribution is -2.38. The number of rotatable bonds is 5. The number of nitrogens with zero attached hydrogens (tertiary/aromatic N) is 2. The fourth-order valence-corrected chi connectivity index (χ4v) is 6.17. The van der Waals surface area contributed by atoms with Gasteiger partial charge in [0.1, 0.15) is 5.82 Å². The number of nitrogens with one attached hydrogen (secondary N) is 2. The number of fused-ring (bicyclic) bond motifs is 1. The number of anilines is 1. The molecule has 7 nitrogen and oxygen atoms in total. The molecule has 34 heavy (non-hydrogen) atoms. The Bertz CT molecular complexity index is 1410. The van der Waals surface area contributed by atoms with Crippen LogP contribution in [0.2, 0.25) is 0 Å². The highest BCUT2D eigenvalue weighted by Crippen LogP contribution is 2.31. The Balaban J connectivity index is 1.24. The van der Waals surface area contributed by atoms with Gasteiger partial charge in [-0.05, 0) is 77.3 Å². The van der Waals surface area contributed by atoms with E-state index in [0.717, 1.165) is 16.9 Å². The Hall–Kier alpha value is -3.01. The third kappa shape index (κ3) is 4.51. The molecule has 0 bridgehead atoms. The minimum atomic E-state index is -3.61. The Morgan fingerprint density at radius 1 is 0.971 bits per heavy atom. The first-order chi connectivity index (χ1) is 16.4. The lowest BCUT2D eigenvalue weighted by molar-refractivity contribution is 0.102. The molecular formula is C25H23BrN4O3S. The summed E-state index contributed by atoms with van der Waals surface area (Å²) in [5.74, 6) is 0.855. The van der Waals surface area contributed by atoms with Gasteiger partial charge in [0.15, 0.2) is 0 Å². The van der Waals surface area contributed by atoms with Gasteiger partial charge in [-0.2, -0.15) is 4.31 Å². The van der Waals surface area contributed by atoms with E-state index in [4.69, 9.17) is 0 Å². The second-order valence-corrected chi connectivity index (χ2v) is 11.1. The molecule has 1 fully saturated rings. The van der Waals surface area contributed by atoms with Gasteiger partial charge in [-0.3, -0.25) is 4.79 Å².